The maximum Gasteiger partial charge on any atom is 0.319 e. The third-order valence-electron chi connectivity index (χ3n) is 5.29. The summed E-state index contributed by atoms with van der Waals surface area (Å²) >= 11 is 1.61. The highest BCUT2D eigenvalue weighted by atomic mass is 32.2. The molecule has 170 valence electrons. The molecule has 0 bridgehead atoms. The first kappa shape index (κ1) is 23.1. The molecule has 4 aromatic rings. The fraction of sp³-hybridized carbons (Fsp3) is 0.154. The summed E-state index contributed by atoms with van der Waals surface area (Å²) in [6.45, 7) is 4.34. The van der Waals surface area contributed by atoms with Gasteiger partial charge in [0.15, 0.2) is 11.0 Å². The van der Waals surface area contributed by atoms with E-state index in [-0.39, 0.29) is 12.6 Å². The number of nitriles is 1. The molecule has 1 heterocycles. The molecule has 0 saturated heterocycles. The maximum atomic E-state index is 12.4. The zero-order valence-corrected chi connectivity index (χ0v) is 19.8. The summed E-state index contributed by atoms with van der Waals surface area (Å²) in [4.78, 5) is 12.4. The van der Waals surface area contributed by atoms with Crippen LogP contribution in [0.1, 0.15) is 28.1 Å². The van der Waals surface area contributed by atoms with E-state index in [0.717, 1.165) is 22.2 Å². The number of hydrogen-bond acceptors (Lipinski definition) is 5. The Labute approximate surface area is 202 Å². The van der Waals surface area contributed by atoms with Crippen LogP contribution in [0.3, 0.4) is 0 Å². The van der Waals surface area contributed by atoms with E-state index in [1.807, 2.05) is 47.9 Å². The summed E-state index contributed by atoms with van der Waals surface area (Å²) in [5.41, 5.74) is 5.71. The van der Waals surface area contributed by atoms with E-state index in [1.54, 1.807) is 36.0 Å². The lowest BCUT2D eigenvalue weighted by atomic mass is 10.1. The second-order valence-corrected chi connectivity index (χ2v) is 8.72. The van der Waals surface area contributed by atoms with E-state index in [1.165, 1.54) is 11.1 Å². The molecule has 1 aromatic heterocycles. The minimum absolute atomic E-state index is 0.202. The van der Waals surface area contributed by atoms with Crippen molar-refractivity contribution in [2.24, 2.45) is 0 Å². The smallest absolute Gasteiger partial charge is 0.319 e. The summed E-state index contributed by atoms with van der Waals surface area (Å²) in [5.74, 6) is 1.40. The molecule has 8 heteroatoms. The molecular formula is C26H24N6OS. The van der Waals surface area contributed by atoms with E-state index in [2.05, 4.69) is 46.0 Å². The van der Waals surface area contributed by atoms with E-state index < -0.39 is 0 Å². The number of nitrogens with zero attached hydrogens (tertiary/aromatic N) is 4. The lowest BCUT2D eigenvalue weighted by Crippen LogP contribution is -2.29. The highest BCUT2D eigenvalue weighted by Gasteiger charge is 2.16. The number of anilines is 1. The van der Waals surface area contributed by atoms with E-state index in [9.17, 15) is 4.79 Å². The molecule has 0 saturated carbocycles. The van der Waals surface area contributed by atoms with Crippen LogP contribution >= 0.6 is 11.8 Å². The van der Waals surface area contributed by atoms with Gasteiger partial charge in [-0.3, -0.25) is 4.57 Å². The molecule has 4 rings (SSSR count). The van der Waals surface area contributed by atoms with Crippen LogP contribution in [0.15, 0.2) is 78.0 Å². The van der Waals surface area contributed by atoms with Crippen LogP contribution in [0, 0.1) is 25.2 Å². The zero-order valence-electron chi connectivity index (χ0n) is 18.9. The maximum absolute atomic E-state index is 12.4. The Hall–Kier alpha value is -4.09. The number of aromatic nitrogens is 3. The molecule has 0 aliphatic heterocycles. The third kappa shape index (κ3) is 5.63. The number of carbonyl (C=O) groups excluding carboxylic acids is 1. The molecule has 7 nitrogen and oxygen atoms in total. The number of urea groups is 1. The Morgan fingerprint density at radius 3 is 2.44 bits per heavy atom. The Morgan fingerprint density at radius 2 is 1.74 bits per heavy atom. The van der Waals surface area contributed by atoms with Crippen LogP contribution in [-0.4, -0.2) is 20.8 Å². The van der Waals surface area contributed by atoms with Crippen LogP contribution in [0.4, 0.5) is 10.5 Å². The Bertz CT molecular complexity index is 1320. The van der Waals surface area contributed by atoms with Crippen molar-refractivity contribution in [3.63, 3.8) is 0 Å². The lowest BCUT2D eigenvalue weighted by Gasteiger charge is -2.12. The van der Waals surface area contributed by atoms with Gasteiger partial charge in [0.2, 0.25) is 0 Å². The van der Waals surface area contributed by atoms with Gasteiger partial charge >= 0.3 is 6.03 Å². The quantitative estimate of drug-likeness (QED) is 0.356. The molecule has 0 fully saturated rings. The van der Waals surface area contributed by atoms with Crippen molar-refractivity contribution in [1.29, 1.82) is 5.26 Å². The Kier molecular flexibility index (Phi) is 7.25. The predicted octanol–water partition coefficient (Wildman–Crippen LogP) is 5.37. The van der Waals surface area contributed by atoms with Gasteiger partial charge in [0, 0.05) is 17.1 Å². The number of benzene rings is 3. The van der Waals surface area contributed by atoms with E-state index in [0.29, 0.717) is 17.1 Å². The largest absolute Gasteiger partial charge is 0.331 e. The molecular weight excluding hydrogens is 444 g/mol. The van der Waals surface area contributed by atoms with Crippen molar-refractivity contribution in [1.82, 2.24) is 20.1 Å². The van der Waals surface area contributed by atoms with Crippen molar-refractivity contribution >= 4 is 23.5 Å². The molecule has 0 aliphatic carbocycles. The fourth-order valence-corrected chi connectivity index (χ4v) is 4.39. The first-order valence-corrected chi connectivity index (χ1v) is 11.8. The first-order valence-electron chi connectivity index (χ1n) is 10.8. The van der Waals surface area contributed by atoms with E-state index in [4.69, 9.17) is 5.26 Å². The third-order valence-corrected chi connectivity index (χ3v) is 6.27. The number of hydrogen-bond donors (Lipinski definition) is 2. The molecule has 3 aromatic carbocycles. The number of nitrogens with one attached hydrogen (secondary N) is 2. The zero-order chi connectivity index (χ0) is 23.9. The van der Waals surface area contributed by atoms with Crippen LogP contribution in [0.2, 0.25) is 0 Å². The average molecular weight is 469 g/mol. The SMILES string of the molecule is Cc1ccc(-n2c(CNC(=O)Nc3ccc(C#N)cc3)nnc2SCc2ccccc2C)cc1. The normalized spacial score (nSPS) is 10.5. The second kappa shape index (κ2) is 10.7. The molecule has 0 atom stereocenters. The molecule has 34 heavy (non-hydrogen) atoms. The van der Waals surface area contributed by atoms with Gasteiger partial charge in [-0.1, -0.05) is 53.7 Å². The summed E-state index contributed by atoms with van der Waals surface area (Å²) < 4.78 is 1.98. The number of thioether (sulfide) groups is 1. The Morgan fingerprint density at radius 1 is 1.00 bits per heavy atom. The molecule has 2 amide bonds. The summed E-state index contributed by atoms with van der Waals surface area (Å²) in [6.07, 6.45) is 0. The Balaban J connectivity index is 1.50. The summed E-state index contributed by atoms with van der Waals surface area (Å²) in [7, 11) is 0. The lowest BCUT2D eigenvalue weighted by molar-refractivity contribution is 0.251. The van der Waals surface area contributed by atoms with Crippen molar-refractivity contribution in [3.05, 3.63) is 101 Å². The highest BCUT2D eigenvalue weighted by molar-refractivity contribution is 7.98. The molecule has 0 spiro atoms. The molecule has 2 N–H and O–H groups in total. The van der Waals surface area contributed by atoms with Crippen LogP contribution < -0.4 is 10.6 Å². The minimum Gasteiger partial charge on any atom is -0.331 e. The number of amides is 2. The van der Waals surface area contributed by atoms with Crippen molar-refractivity contribution in [2.75, 3.05) is 5.32 Å². The molecule has 0 unspecified atom stereocenters. The first-order chi connectivity index (χ1) is 16.5. The predicted molar refractivity (Wildman–Crippen MR) is 134 cm³/mol. The summed E-state index contributed by atoms with van der Waals surface area (Å²) in [5, 5.41) is 24.1. The average Bonchev–Trinajstić information content (AvgIpc) is 3.26. The number of aryl methyl sites for hydroxylation is 2. The van der Waals surface area contributed by atoms with Gasteiger partial charge in [0.25, 0.3) is 0 Å². The topological polar surface area (TPSA) is 95.6 Å². The number of carbonyl (C=O) groups is 1. The monoisotopic (exact) mass is 468 g/mol. The van der Waals surface area contributed by atoms with Crippen molar-refractivity contribution < 1.29 is 4.79 Å². The summed E-state index contributed by atoms with van der Waals surface area (Å²) in [6, 6.07) is 24.8. The van der Waals surface area contributed by atoms with Gasteiger partial charge in [0.05, 0.1) is 18.2 Å². The van der Waals surface area contributed by atoms with Gasteiger partial charge < -0.3 is 10.6 Å². The highest BCUT2D eigenvalue weighted by Crippen LogP contribution is 2.26. The second-order valence-electron chi connectivity index (χ2n) is 7.78. The van der Waals surface area contributed by atoms with Gasteiger partial charge in [0.1, 0.15) is 0 Å². The minimum atomic E-state index is -0.364. The van der Waals surface area contributed by atoms with Gasteiger partial charge in [-0.2, -0.15) is 5.26 Å². The van der Waals surface area contributed by atoms with Crippen molar-refractivity contribution in [3.8, 4) is 11.8 Å². The van der Waals surface area contributed by atoms with Gasteiger partial charge in [-0.05, 0) is 61.4 Å². The van der Waals surface area contributed by atoms with Gasteiger partial charge in [-0.15, -0.1) is 10.2 Å². The standard InChI is InChI=1S/C26H24N6OS/c1-18-7-13-23(14-8-18)32-24(16-28-25(33)29-22-11-9-20(15-27)10-12-22)30-31-26(32)34-17-21-6-4-3-5-19(21)2/h3-14H,16-17H2,1-2H3,(H2,28,29,33). The molecule has 0 radical (unpaired) electrons. The fourth-order valence-electron chi connectivity index (χ4n) is 3.34. The van der Waals surface area contributed by atoms with Crippen LogP contribution in [0.25, 0.3) is 5.69 Å². The van der Waals surface area contributed by atoms with Crippen LogP contribution in [-0.2, 0) is 12.3 Å². The van der Waals surface area contributed by atoms with E-state index >= 15 is 0 Å². The molecule has 0 aliphatic rings. The van der Waals surface area contributed by atoms with Gasteiger partial charge in [-0.25, -0.2) is 4.79 Å². The number of rotatable bonds is 7. The van der Waals surface area contributed by atoms with Crippen LogP contribution in [0.5, 0.6) is 0 Å². The van der Waals surface area contributed by atoms with Crippen molar-refractivity contribution in [2.45, 2.75) is 31.3 Å².